The molecule has 80 valence electrons. The van der Waals surface area contributed by atoms with Gasteiger partial charge in [-0.1, -0.05) is 27.7 Å². The van der Waals surface area contributed by atoms with Crippen molar-refractivity contribution < 1.29 is 0 Å². The second kappa shape index (κ2) is 5.63. The van der Waals surface area contributed by atoms with E-state index in [2.05, 4.69) is 25.8 Å². The fraction of sp³-hybridized carbons (Fsp3) is 0.583. The highest BCUT2D eigenvalue weighted by molar-refractivity contribution is 5.41. The van der Waals surface area contributed by atoms with Crippen molar-refractivity contribution in [2.75, 3.05) is 5.73 Å². The monoisotopic (exact) mass is 194 g/mol. The molecule has 1 heterocycles. The lowest BCUT2D eigenvalue weighted by atomic mass is 9.97. The van der Waals surface area contributed by atoms with Crippen molar-refractivity contribution in [1.29, 1.82) is 0 Å². The Bertz CT molecular complexity index is 267. The van der Waals surface area contributed by atoms with Crippen LogP contribution in [0.2, 0.25) is 0 Å². The Morgan fingerprint density at radius 2 is 1.71 bits per heavy atom. The lowest BCUT2D eigenvalue weighted by Crippen LogP contribution is -2.02. The molecule has 0 unspecified atom stereocenters. The van der Waals surface area contributed by atoms with Crippen LogP contribution in [-0.2, 0) is 0 Å². The molecule has 0 aliphatic carbocycles. The molecule has 0 bridgehead atoms. The Morgan fingerprint density at radius 1 is 1.21 bits per heavy atom. The number of hydrogen-bond donors (Lipinski definition) is 1. The minimum Gasteiger partial charge on any atom is -0.384 e. The number of hydrogen-bond acceptors (Lipinski definition) is 2. The number of nitrogens with two attached hydrogens (primary N) is 1. The van der Waals surface area contributed by atoms with Crippen molar-refractivity contribution in [2.24, 2.45) is 0 Å². The van der Waals surface area contributed by atoms with Crippen LogP contribution in [0.5, 0.6) is 0 Å². The first-order chi connectivity index (χ1) is 6.52. The van der Waals surface area contributed by atoms with Crippen molar-refractivity contribution in [3.8, 4) is 0 Å². The average Bonchev–Trinajstić information content (AvgIpc) is 2.04. The van der Waals surface area contributed by atoms with Crippen LogP contribution in [0.3, 0.4) is 0 Å². The van der Waals surface area contributed by atoms with Gasteiger partial charge >= 0.3 is 0 Å². The maximum Gasteiger partial charge on any atom is 0.123 e. The molecular formula is C12H22N2. The zero-order valence-corrected chi connectivity index (χ0v) is 10.2. The molecule has 0 saturated heterocycles. The number of nitrogens with zero attached hydrogens (tertiary/aromatic N) is 1. The Kier molecular flexibility index (Phi) is 5.21. The smallest absolute Gasteiger partial charge is 0.123 e. The van der Waals surface area contributed by atoms with Crippen LogP contribution in [0, 0.1) is 13.8 Å². The Morgan fingerprint density at radius 3 is 2.07 bits per heavy atom. The standard InChI is InChI=1S/C10H16N2.C2H6/c1-6(2)10-7(3)5-9(11)12-8(10)4;1-2/h5-6H,1-4H3,(H2,11,12);1-2H3. The normalized spacial score (nSPS) is 9.64. The molecule has 0 aliphatic rings. The second-order valence-electron chi connectivity index (χ2n) is 3.52. The molecule has 0 amide bonds. The third-order valence-electron chi connectivity index (χ3n) is 2.05. The van der Waals surface area contributed by atoms with Crippen LogP contribution in [0.25, 0.3) is 0 Å². The van der Waals surface area contributed by atoms with Gasteiger partial charge in [0.05, 0.1) is 0 Å². The molecule has 1 aromatic heterocycles. The van der Waals surface area contributed by atoms with Crippen LogP contribution >= 0.6 is 0 Å². The highest BCUT2D eigenvalue weighted by Crippen LogP contribution is 2.22. The zero-order valence-electron chi connectivity index (χ0n) is 10.2. The molecule has 2 nitrogen and oxygen atoms in total. The van der Waals surface area contributed by atoms with Gasteiger partial charge in [-0.15, -0.1) is 0 Å². The van der Waals surface area contributed by atoms with E-state index in [-0.39, 0.29) is 0 Å². The highest BCUT2D eigenvalue weighted by atomic mass is 14.8. The molecule has 2 N–H and O–H groups in total. The van der Waals surface area contributed by atoms with Gasteiger partial charge in [0.25, 0.3) is 0 Å². The molecule has 0 saturated carbocycles. The number of anilines is 1. The van der Waals surface area contributed by atoms with Crippen LogP contribution < -0.4 is 5.73 Å². The van der Waals surface area contributed by atoms with Gasteiger partial charge in [0.2, 0.25) is 0 Å². The van der Waals surface area contributed by atoms with E-state index < -0.39 is 0 Å². The summed E-state index contributed by atoms with van der Waals surface area (Å²) in [6.07, 6.45) is 0. The SMILES string of the molecule is CC.Cc1cc(N)nc(C)c1C(C)C. The highest BCUT2D eigenvalue weighted by Gasteiger charge is 2.08. The Hall–Kier alpha value is -1.05. The van der Waals surface area contributed by atoms with Gasteiger partial charge in [-0.3, -0.25) is 0 Å². The van der Waals surface area contributed by atoms with Crippen LogP contribution in [-0.4, -0.2) is 4.98 Å². The van der Waals surface area contributed by atoms with Gasteiger partial charge < -0.3 is 5.73 Å². The number of aromatic nitrogens is 1. The molecule has 0 spiro atoms. The summed E-state index contributed by atoms with van der Waals surface area (Å²) in [6, 6.07) is 1.93. The molecule has 0 fully saturated rings. The first-order valence-corrected chi connectivity index (χ1v) is 5.26. The number of nitrogen functional groups attached to an aromatic ring is 1. The summed E-state index contributed by atoms with van der Waals surface area (Å²) in [5, 5.41) is 0. The summed E-state index contributed by atoms with van der Waals surface area (Å²) in [4.78, 5) is 4.23. The lowest BCUT2D eigenvalue weighted by Gasteiger charge is -2.12. The Balaban J connectivity index is 0.000000791. The van der Waals surface area contributed by atoms with Gasteiger partial charge in [0.1, 0.15) is 5.82 Å². The first-order valence-electron chi connectivity index (χ1n) is 5.26. The maximum absolute atomic E-state index is 5.62. The number of aryl methyl sites for hydroxylation is 2. The van der Waals surface area contributed by atoms with E-state index in [1.54, 1.807) is 0 Å². The van der Waals surface area contributed by atoms with E-state index in [0.717, 1.165) is 5.69 Å². The summed E-state index contributed by atoms with van der Waals surface area (Å²) in [6.45, 7) is 12.4. The van der Waals surface area contributed by atoms with E-state index in [0.29, 0.717) is 11.7 Å². The quantitative estimate of drug-likeness (QED) is 0.744. The topological polar surface area (TPSA) is 38.9 Å². The summed E-state index contributed by atoms with van der Waals surface area (Å²) >= 11 is 0. The molecule has 2 heteroatoms. The van der Waals surface area contributed by atoms with E-state index >= 15 is 0 Å². The van der Waals surface area contributed by atoms with Crippen molar-refractivity contribution in [3.63, 3.8) is 0 Å². The maximum atomic E-state index is 5.62. The van der Waals surface area contributed by atoms with Crippen molar-refractivity contribution >= 4 is 5.82 Å². The van der Waals surface area contributed by atoms with Crippen molar-refractivity contribution in [2.45, 2.75) is 47.5 Å². The van der Waals surface area contributed by atoms with E-state index in [1.165, 1.54) is 11.1 Å². The van der Waals surface area contributed by atoms with Gasteiger partial charge in [-0.25, -0.2) is 4.98 Å². The van der Waals surface area contributed by atoms with Crippen LogP contribution in [0.1, 0.15) is 50.4 Å². The summed E-state index contributed by atoms with van der Waals surface area (Å²) in [7, 11) is 0. The van der Waals surface area contributed by atoms with Gasteiger partial charge in [0, 0.05) is 5.69 Å². The second-order valence-corrected chi connectivity index (χ2v) is 3.52. The van der Waals surface area contributed by atoms with Crippen LogP contribution in [0.4, 0.5) is 5.82 Å². The van der Waals surface area contributed by atoms with E-state index in [9.17, 15) is 0 Å². The molecule has 1 rings (SSSR count). The van der Waals surface area contributed by atoms with Gasteiger partial charge in [-0.05, 0) is 37.0 Å². The molecular weight excluding hydrogens is 172 g/mol. The summed E-state index contributed by atoms with van der Waals surface area (Å²) in [5.41, 5.74) is 9.24. The summed E-state index contributed by atoms with van der Waals surface area (Å²) < 4.78 is 0. The third kappa shape index (κ3) is 3.02. The van der Waals surface area contributed by atoms with E-state index in [1.807, 2.05) is 26.8 Å². The Labute approximate surface area is 87.6 Å². The fourth-order valence-electron chi connectivity index (χ4n) is 1.74. The fourth-order valence-corrected chi connectivity index (χ4v) is 1.74. The summed E-state index contributed by atoms with van der Waals surface area (Å²) in [5.74, 6) is 1.15. The zero-order chi connectivity index (χ0) is 11.3. The average molecular weight is 194 g/mol. The minimum absolute atomic E-state index is 0.526. The number of rotatable bonds is 1. The third-order valence-corrected chi connectivity index (χ3v) is 2.05. The molecule has 0 atom stereocenters. The van der Waals surface area contributed by atoms with Gasteiger partial charge in [-0.2, -0.15) is 0 Å². The lowest BCUT2D eigenvalue weighted by molar-refractivity contribution is 0.833. The van der Waals surface area contributed by atoms with E-state index in [4.69, 9.17) is 5.73 Å². The van der Waals surface area contributed by atoms with Crippen LogP contribution in [0.15, 0.2) is 6.07 Å². The van der Waals surface area contributed by atoms with Gasteiger partial charge in [0.15, 0.2) is 0 Å². The van der Waals surface area contributed by atoms with Crippen molar-refractivity contribution in [3.05, 3.63) is 22.9 Å². The molecule has 0 radical (unpaired) electrons. The van der Waals surface area contributed by atoms with Crippen molar-refractivity contribution in [1.82, 2.24) is 4.98 Å². The molecule has 0 aliphatic heterocycles. The largest absolute Gasteiger partial charge is 0.384 e. The number of pyridine rings is 1. The predicted molar refractivity (Wildman–Crippen MR) is 63.6 cm³/mol. The molecule has 0 aromatic carbocycles. The predicted octanol–water partition coefficient (Wildman–Crippen LogP) is 3.43. The molecule has 14 heavy (non-hydrogen) atoms. The molecule has 1 aromatic rings. The minimum atomic E-state index is 0.526. The first kappa shape index (κ1) is 12.9.